The Balaban J connectivity index is 2.47. The molecule has 0 atom stereocenters. The fraction of sp³-hybridized carbons (Fsp3) is 0.429. The van der Waals surface area contributed by atoms with E-state index in [-0.39, 0.29) is 0 Å². The molecule has 0 saturated heterocycles. The normalized spacial score (nSPS) is 10.2. The monoisotopic (exact) mass is 229 g/mol. The van der Waals surface area contributed by atoms with Crippen LogP contribution in [-0.2, 0) is 6.54 Å². The van der Waals surface area contributed by atoms with E-state index in [1.54, 1.807) is 6.07 Å². The van der Waals surface area contributed by atoms with E-state index < -0.39 is 0 Å². The summed E-state index contributed by atoms with van der Waals surface area (Å²) in [5.41, 5.74) is 0. The van der Waals surface area contributed by atoms with E-state index in [0.717, 1.165) is 5.76 Å². The lowest BCUT2D eigenvalue weighted by atomic mass is 10.4. The number of halogens is 1. The number of hydrogen-bond donors (Lipinski definition) is 0. The highest BCUT2D eigenvalue weighted by atomic mass is 79.9. The van der Waals surface area contributed by atoms with E-state index in [2.05, 4.69) is 21.1 Å². The second-order valence-electron chi connectivity index (χ2n) is 2.45. The molecule has 1 aromatic heterocycles. The second-order valence-corrected chi connectivity index (χ2v) is 3.26. The van der Waals surface area contributed by atoms with Crippen molar-refractivity contribution in [2.45, 2.75) is 6.54 Å². The Labute approximate surface area is 78.9 Å². The summed E-state index contributed by atoms with van der Waals surface area (Å²) in [5.74, 6) is 0.750. The maximum Gasteiger partial charge on any atom is 0.151 e. The highest BCUT2D eigenvalue weighted by molar-refractivity contribution is 9.10. The van der Waals surface area contributed by atoms with Crippen molar-refractivity contribution in [3.05, 3.63) is 16.4 Å². The van der Waals surface area contributed by atoms with Crippen molar-refractivity contribution in [2.24, 2.45) is 0 Å². The zero-order valence-corrected chi connectivity index (χ0v) is 8.21. The Morgan fingerprint density at radius 1 is 1.83 bits per heavy atom. The summed E-state index contributed by atoms with van der Waals surface area (Å²) in [6, 6.07) is 3.83. The van der Waals surface area contributed by atoms with Gasteiger partial charge in [-0.2, -0.15) is 5.26 Å². The van der Waals surface area contributed by atoms with E-state index >= 15 is 0 Å². The lowest BCUT2D eigenvalue weighted by molar-refractivity contribution is 0.293. The van der Waals surface area contributed by atoms with Crippen molar-refractivity contribution in [3.8, 4) is 6.07 Å². The first-order chi connectivity index (χ1) is 5.72. The number of nitrogens with zero attached hydrogens (tertiary/aromatic N) is 3. The number of aromatic nitrogens is 1. The largest absolute Gasteiger partial charge is 0.359 e. The number of hydrogen-bond acceptors (Lipinski definition) is 4. The Morgan fingerprint density at radius 3 is 3.08 bits per heavy atom. The molecule has 0 amide bonds. The van der Waals surface area contributed by atoms with Crippen molar-refractivity contribution < 1.29 is 4.52 Å². The van der Waals surface area contributed by atoms with Crippen molar-refractivity contribution >= 4 is 15.9 Å². The Morgan fingerprint density at radius 2 is 2.58 bits per heavy atom. The van der Waals surface area contributed by atoms with Gasteiger partial charge in [0.05, 0.1) is 19.2 Å². The minimum absolute atomic E-state index is 0.387. The van der Waals surface area contributed by atoms with E-state index in [1.165, 1.54) is 0 Å². The molecule has 0 aliphatic carbocycles. The summed E-state index contributed by atoms with van der Waals surface area (Å²) in [4.78, 5) is 1.84. The van der Waals surface area contributed by atoms with Gasteiger partial charge in [0, 0.05) is 6.07 Å². The summed E-state index contributed by atoms with van der Waals surface area (Å²) in [6.07, 6.45) is 0. The molecule has 5 heteroatoms. The van der Waals surface area contributed by atoms with Crippen LogP contribution in [0.25, 0.3) is 0 Å². The van der Waals surface area contributed by atoms with Crippen LogP contribution in [0.2, 0.25) is 0 Å². The van der Waals surface area contributed by atoms with Gasteiger partial charge in [-0.1, -0.05) is 5.16 Å². The van der Waals surface area contributed by atoms with Crippen LogP contribution in [0, 0.1) is 11.3 Å². The van der Waals surface area contributed by atoms with Crippen LogP contribution in [0.4, 0.5) is 0 Å². The third-order valence-electron chi connectivity index (χ3n) is 1.30. The van der Waals surface area contributed by atoms with Gasteiger partial charge >= 0.3 is 0 Å². The topological polar surface area (TPSA) is 53.1 Å². The SMILES string of the molecule is CN(CC#N)Cc1cc(Br)no1. The summed E-state index contributed by atoms with van der Waals surface area (Å²) in [7, 11) is 1.85. The molecule has 0 saturated carbocycles. The van der Waals surface area contributed by atoms with Crippen molar-refractivity contribution in [1.29, 1.82) is 5.26 Å². The molecule has 1 aromatic rings. The molecular weight excluding hydrogens is 222 g/mol. The summed E-state index contributed by atoms with van der Waals surface area (Å²) in [6.45, 7) is 0.991. The Hall–Kier alpha value is -0.860. The van der Waals surface area contributed by atoms with Gasteiger partial charge in [-0.3, -0.25) is 4.90 Å². The Kier molecular flexibility index (Phi) is 3.26. The van der Waals surface area contributed by atoms with E-state index in [1.807, 2.05) is 18.0 Å². The average molecular weight is 230 g/mol. The van der Waals surface area contributed by atoms with Crippen LogP contribution in [0.15, 0.2) is 15.2 Å². The van der Waals surface area contributed by atoms with Gasteiger partial charge in [-0.15, -0.1) is 0 Å². The first kappa shape index (κ1) is 9.23. The molecule has 0 fully saturated rings. The highest BCUT2D eigenvalue weighted by Crippen LogP contribution is 2.10. The molecule has 12 heavy (non-hydrogen) atoms. The molecule has 0 aromatic carbocycles. The van der Waals surface area contributed by atoms with Gasteiger partial charge in [0.15, 0.2) is 5.76 Å². The molecule has 0 aliphatic heterocycles. The van der Waals surface area contributed by atoms with Gasteiger partial charge < -0.3 is 4.52 Å². The molecule has 0 N–H and O–H groups in total. The molecule has 0 bridgehead atoms. The van der Waals surface area contributed by atoms with E-state index in [0.29, 0.717) is 17.7 Å². The van der Waals surface area contributed by atoms with Gasteiger partial charge in [0.25, 0.3) is 0 Å². The zero-order valence-electron chi connectivity index (χ0n) is 6.62. The molecule has 0 unspecified atom stereocenters. The minimum atomic E-state index is 0.387. The van der Waals surface area contributed by atoms with Crippen LogP contribution in [-0.4, -0.2) is 23.6 Å². The highest BCUT2D eigenvalue weighted by Gasteiger charge is 2.04. The average Bonchev–Trinajstić information content (AvgIpc) is 2.36. The smallest absolute Gasteiger partial charge is 0.151 e. The van der Waals surface area contributed by atoms with Gasteiger partial charge in [0.1, 0.15) is 4.60 Å². The van der Waals surface area contributed by atoms with Crippen LogP contribution in [0.1, 0.15) is 5.76 Å². The minimum Gasteiger partial charge on any atom is -0.359 e. The molecular formula is C7H8BrN3O. The summed E-state index contributed by atoms with van der Waals surface area (Å²) < 4.78 is 5.62. The lowest BCUT2D eigenvalue weighted by Gasteiger charge is -2.07. The summed E-state index contributed by atoms with van der Waals surface area (Å²) in [5, 5.41) is 12.0. The molecule has 64 valence electrons. The van der Waals surface area contributed by atoms with Gasteiger partial charge in [-0.25, -0.2) is 0 Å². The predicted octanol–water partition coefficient (Wildman–Crippen LogP) is 1.39. The van der Waals surface area contributed by atoms with Crippen molar-refractivity contribution in [1.82, 2.24) is 10.1 Å². The van der Waals surface area contributed by atoms with Crippen LogP contribution >= 0.6 is 15.9 Å². The van der Waals surface area contributed by atoms with Crippen LogP contribution in [0.5, 0.6) is 0 Å². The van der Waals surface area contributed by atoms with Gasteiger partial charge in [-0.05, 0) is 23.0 Å². The third kappa shape index (κ3) is 2.64. The molecule has 0 spiro atoms. The maximum atomic E-state index is 8.37. The molecule has 1 heterocycles. The third-order valence-corrected chi connectivity index (χ3v) is 1.67. The standard InChI is InChI=1S/C7H8BrN3O/c1-11(3-2-9)5-6-4-7(8)10-12-6/h4H,3,5H2,1H3. The molecule has 1 rings (SSSR count). The van der Waals surface area contributed by atoms with E-state index in [4.69, 9.17) is 9.78 Å². The Bertz CT molecular complexity index is 291. The fourth-order valence-corrected chi connectivity index (χ4v) is 1.13. The molecule has 4 nitrogen and oxygen atoms in total. The summed E-state index contributed by atoms with van der Waals surface area (Å²) >= 11 is 3.17. The van der Waals surface area contributed by atoms with Crippen LogP contribution < -0.4 is 0 Å². The van der Waals surface area contributed by atoms with Crippen molar-refractivity contribution in [3.63, 3.8) is 0 Å². The van der Waals surface area contributed by atoms with Crippen LogP contribution in [0.3, 0.4) is 0 Å². The maximum absolute atomic E-state index is 8.37. The van der Waals surface area contributed by atoms with E-state index in [9.17, 15) is 0 Å². The van der Waals surface area contributed by atoms with Crippen molar-refractivity contribution in [2.75, 3.05) is 13.6 Å². The zero-order chi connectivity index (χ0) is 8.97. The van der Waals surface area contributed by atoms with Gasteiger partial charge in [0.2, 0.25) is 0 Å². The first-order valence-corrected chi connectivity index (χ1v) is 4.18. The second kappa shape index (κ2) is 4.24. The molecule has 0 aliphatic rings. The number of rotatable bonds is 3. The predicted molar refractivity (Wildman–Crippen MR) is 46.2 cm³/mol. The number of nitriles is 1. The quantitative estimate of drug-likeness (QED) is 0.736. The molecule has 0 radical (unpaired) electrons. The first-order valence-electron chi connectivity index (χ1n) is 3.39. The lowest BCUT2D eigenvalue weighted by Crippen LogP contribution is -2.17. The fourth-order valence-electron chi connectivity index (χ4n) is 0.805.